The molecule has 5 amide bonds. The monoisotopic (exact) mass is 691 g/mol. The van der Waals surface area contributed by atoms with Crippen LogP contribution in [0.4, 0.5) is 0 Å². The minimum Gasteiger partial charge on any atom is -0.508 e. The van der Waals surface area contributed by atoms with Crippen LogP contribution in [-0.4, -0.2) is 111 Å². The summed E-state index contributed by atoms with van der Waals surface area (Å²) in [5.41, 5.74) is 12.1. The first-order chi connectivity index (χ1) is 23.0. The van der Waals surface area contributed by atoms with Gasteiger partial charge in [0.05, 0.1) is 12.5 Å². The Balaban J connectivity index is 2.23. The predicted molar refractivity (Wildman–Crippen MR) is 176 cm³/mol. The highest BCUT2D eigenvalue weighted by atomic mass is 16.4. The molecule has 0 bridgehead atoms. The van der Waals surface area contributed by atoms with Crippen molar-refractivity contribution in [3.8, 4) is 5.75 Å². The molecule has 1 aromatic carbocycles. The average molecular weight is 692 g/mol. The summed E-state index contributed by atoms with van der Waals surface area (Å²) < 4.78 is 0. The molecular weight excluding hydrogens is 642 g/mol. The van der Waals surface area contributed by atoms with Crippen molar-refractivity contribution >= 4 is 41.5 Å². The Kier molecular flexibility index (Phi) is 15.9. The third-order valence-electron chi connectivity index (χ3n) is 8.13. The maximum Gasteiger partial charge on any atom is 0.326 e. The third kappa shape index (κ3) is 12.6. The largest absolute Gasteiger partial charge is 0.508 e. The molecule has 17 nitrogen and oxygen atoms in total. The summed E-state index contributed by atoms with van der Waals surface area (Å²) in [5, 5.41) is 38.5. The molecule has 11 N–H and O–H groups in total. The Morgan fingerprint density at radius 2 is 1.51 bits per heavy atom. The fraction of sp³-hybridized carbons (Fsp3) is 0.594. The van der Waals surface area contributed by atoms with Crippen LogP contribution in [0.25, 0.3) is 0 Å². The molecule has 17 heteroatoms. The summed E-state index contributed by atoms with van der Waals surface area (Å²) in [6.07, 6.45) is 1.15. The molecule has 1 aromatic rings. The van der Waals surface area contributed by atoms with Crippen molar-refractivity contribution in [3.05, 3.63) is 29.8 Å². The van der Waals surface area contributed by atoms with Gasteiger partial charge in [-0.25, -0.2) is 4.79 Å². The quantitative estimate of drug-likeness (QED) is 0.0754. The average Bonchev–Trinajstić information content (AvgIpc) is 3.53. The van der Waals surface area contributed by atoms with Gasteiger partial charge in [0.25, 0.3) is 0 Å². The summed E-state index contributed by atoms with van der Waals surface area (Å²) in [4.78, 5) is 90.5. The zero-order chi connectivity index (χ0) is 36.8. The molecule has 0 aromatic heterocycles. The van der Waals surface area contributed by atoms with Crippen LogP contribution < -0.4 is 32.7 Å². The van der Waals surface area contributed by atoms with Gasteiger partial charge in [0.2, 0.25) is 29.5 Å². The number of likely N-dealkylation sites (tertiary alicyclic amines) is 1. The van der Waals surface area contributed by atoms with Crippen molar-refractivity contribution in [3.63, 3.8) is 0 Å². The lowest BCUT2D eigenvalue weighted by atomic mass is 10.0. The number of phenolic OH excluding ortho intramolecular Hbond substituents is 1. The molecule has 1 fully saturated rings. The highest BCUT2D eigenvalue weighted by Gasteiger charge is 2.40. The Labute approximate surface area is 284 Å². The van der Waals surface area contributed by atoms with Gasteiger partial charge < -0.3 is 53.0 Å². The van der Waals surface area contributed by atoms with Gasteiger partial charge in [-0.1, -0.05) is 32.4 Å². The Morgan fingerprint density at radius 1 is 0.878 bits per heavy atom. The van der Waals surface area contributed by atoms with E-state index in [0.717, 1.165) is 4.90 Å². The lowest BCUT2D eigenvalue weighted by Crippen LogP contribution is -2.59. The smallest absolute Gasteiger partial charge is 0.326 e. The molecule has 1 aliphatic heterocycles. The molecule has 272 valence electrons. The van der Waals surface area contributed by atoms with Crippen LogP contribution in [0.3, 0.4) is 0 Å². The number of benzene rings is 1. The van der Waals surface area contributed by atoms with Gasteiger partial charge in [-0.2, -0.15) is 0 Å². The van der Waals surface area contributed by atoms with Crippen molar-refractivity contribution in [2.75, 3.05) is 13.1 Å². The third-order valence-corrected chi connectivity index (χ3v) is 8.13. The summed E-state index contributed by atoms with van der Waals surface area (Å²) in [6, 6.07) is -1.50. The predicted octanol–water partition coefficient (Wildman–Crippen LogP) is -1.44. The number of nitrogens with zero attached hydrogens (tertiary/aromatic N) is 1. The minimum atomic E-state index is -1.63. The van der Waals surface area contributed by atoms with E-state index in [4.69, 9.17) is 11.5 Å². The van der Waals surface area contributed by atoms with E-state index >= 15 is 0 Å². The van der Waals surface area contributed by atoms with Crippen molar-refractivity contribution in [1.82, 2.24) is 26.2 Å². The highest BCUT2D eigenvalue weighted by Crippen LogP contribution is 2.20. The van der Waals surface area contributed by atoms with Gasteiger partial charge >= 0.3 is 11.9 Å². The van der Waals surface area contributed by atoms with E-state index in [1.807, 2.05) is 0 Å². The SMILES string of the molecule is CC(NC(=O)C1CCCN1C(=O)C(CC(=O)O)NC(=O)C(Cc1ccc(O)cc1)NC(=O)C(N)CCCCN)C(=O)NC(C(=O)O)C(C)C. The number of nitrogens with one attached hydrogen (secondary N) is 4. The number of aromatic hydroxyl groups is 1. The van der Waals surface area contributed by atoms with Gasteiger partial charge in [-0.15, -0.1) is 0 Å². The summed E-state index contributed by atoms with van der Waals surface area (Å²) in [5.74, 6) is -6.95. The molecule has 1 aliphatic rings. The second-order valence-electron chi connectivity index (χ2n) is 12.5. The molecule has 1 saturated heterocycles. The number of carboxylic acids is 2. The fourth-order valence-electron chi connectivity index (χ4n) is 5.31. The van der Waals surface area contributed by atoms with Crippen LogP contribution in [0.2, 0.25) is 0 Å². The fourth-order valence-corrected chi connectivity index (χ4v) is 5.31. The van der Waals surface area contributed by atoms with Crippen molar-refractivity contribution in [2.45, 2.75) is 102 Å². The number of carboxylic acid groups (broad SMARTS) is 2. The van der Waals surface area contributed by atoms with Crippen molar-refractivity contribution < 1.29 is 48.9 Å². The second-order valence-corrected chi connectivity index (χ2v) is 12.5. The summed E-state index contributed by atoms with van der Waals surface area (Å²) >= 11 is 0. The molecule has 0 radical (unpaired) electrons. The number of rotatable bonds is 19. The second kappa shape index (κ2) is 19.3. The Hall–Kier alpha value is -4.77. The zero-order valence-electron chi connectivity index (χ0n) is 28.0. The highest BCUT2D eigenvalue weighted by molar-refractivity contribution is 5.97. The minimum absolute atomic E-state index is 0.0259. The number of hydrogen-bond donors (Lipinski definition) is 9. The Morgan fingerprint density at radius 3 is 2.08 bits per heavy atom. The molecule has 0 saturated carbocycles. The van der Waals surface area contributed by atoms with E-state index < -0.39 is 90.1 Å². The normalized spacial score (nSPS) is 17.3. The van der Waals surface area contributed by atoms with Gasteiger partial charge in [0.15, 0.2) is 0 Å². The number of phenols is 1. The first-order valence-electron chi connectivity index (χ1n) is 16.3. The number of carbonyl (C=O) groups excluding carboxylic acids is 5. The van der Waals surface area contributed by atoms with Crippen LogP contribution in [0.5, 0.6) is 5.75 Å². The summed E-state index contributed by atoms with van der Waals surface area (Å²) in [7, 11) is 0. The molecular formula is C32H49N7O10. The van der Waals surface area contributed by atoms with Crippen molar-refractivity contribution in [2.24, 2.45) is 17.4 Å². The van der Waals surface area contributed by atoms with Crippen LogP contribution in [-0.2, 0) is 40.0 Å². The molecule has 0 spiro atoms. The Bertz CT molecular complexity index is 1340. The van der Waals surface area contributed by atoms with E-state index in [2.05, 4.69) is 21.3 Å². The molecule has 0 aliphatic carbocycles. The van der Waals surface area contributed by atoms with Gasteiger partial charge in [-0.05, 0) is 62.8 Å². The van der Waals surface area contributed by atoms with E-state index in [-0.39, 0.29) is 25.1 Å². The number of unbranched alkanes of at least 4 members (excludes halogenated alkanes) is 1. The van der Waals surface area contributed by atoms with Crippen LogP contribution >= 0.6 is 0 Å². The zero-order valence-corrected chi connectivity index (χ0v) is 28.0. The lowest BCUT2D eigenvalue weighted by Gasteiger charge is -2.30. The topological polar surface area (TPSA) is 284 Å². The summed E-state index contributed by atoms with van der Waals surface area (Å²) in [6.45, 7) is 5.05. The maximum absolute atomic E-state index is 13.7. The molecule has 6 atom stereocenters. The molecule has 6 unspecified atom stereocenters. The number of carbonyl (C=O) groups is 7. The van der Waals surface area contributed by atoms with Gasteiger partial charge in [-0.3, -0.25) is 28.8 Å². The number of hydrogen-bond acceptors (Lipinski definition) is 10. The lowest BCUT2D eigenvalue weighted by molar-refractivity contribution is -0.146. The first-order valence-corrected chi connectivity index (χ1v) is 16.3. The van der Waals surface area contributed by atoms with Crippen LogP contribution in [0, 0.1) is 5.92 Å². The van der Waals surface area contributed by atoms with E-state index in [9.17, 15) is 48.9 Å². The molecule has 1 heterocycles. The van der Waals surface area contributed by atoms with Crippen molar-refractivity contribution in [1.29, 1.82) is 0 Å². The maximum atomic E-state index is 13.7. The van der Waals surface area contributed by atoms with E-state index in [1.54, 1.807) is 13.8 Å². The van der Waals surface area contributed by atoms with Crippen LogP contribution in [0.1, 0.15) is 64.9 Å². The molecule has 49 heavy (non-hydrogen) atoms. The number of nitrogens with two attached hydrogens (primary N) is 2. The first kappa shape index (κ1) is 40.4. The van der Waals surface area contributed by atoms with Crippen LogP contribution in [0.15, 0.2) is 24.3 Å². The standard InChI is InChI=1S/C32H49N7O10/c1-17(2)26(32(48)49)38-27(43)18(3)35-30(46)24-8-6-14-39(24)31(47)23(16-25(41)42)37-29(45)22(15-19-9-11-20(40)12-10-19)36-28(44)21(34)7-4-5-13-33/h9-12,17-18,21-24,26,40H,4-8,13-16,33-34H2,1-3H3,(H,35,46)(H,36,44)(H,37,45)(H,38,43)(H,41,42)(H,48,49). The number of amides is 5. The number of aliphatic carboxylic acids is 2. The van der Waals surface area contributed by atoms with Gasteiger partial charge in [0, 0.05) is 13.0 Å². The van der Waals surface area contributed by atoms with E-state index in [0.29, 0.717) is 37.8 Å². The van der Waals surface area contributed by atoms with E-state index in [1.165, 1.54) is 31.2 Å². The van der Waals surface area contributed by atoms with Gasteiger partial charge in [0.1, 0.15) is 36.0 Å². The molecule has 2 rings (SSSR count).